The van der Waals surface area contributed by atoms with Crippen LogP contribution in [0.1, 0.15) is 11.3 Å². The lowest BCUT2D eigenvalue weighted by Gasteiger charge is -2.08. The van der Waals surface area contributed by atoms with Gasteiger partial charge in [-0.2, -0.15) is 0 Å². The summed E-state index contributed by atoms with van der Waals surface area (Å²) < 4.78 is 7.44. The number of imidazole rings is 1. The molecule has 1 aliphatic heterocycles. The van der Waals surface area contributed by atoms with Gasteiger partial charge in [0.25, 0.3) is 0 Å². The monoisotopic (exact) mass is 293 g/mol. The predicted octanol–water partition coefficient (Wildman–Crippen LogP) is 2.45. The van der Waals surface area contributed by atoms with E-state index in [-0.39, 0.29) is 5.91 Å². The molecule has 0 bridgehead atoms. The molecule has 3 heterocycles. The highest BCUT2D eigenvalue weighted by Crippen LogP contribution is 2.28. The number of amides is 1. The Balaban J connectivity index is 1.52. The maximum absolute atomic E-state index is 12.3. The summed E-state index contributed by atoms with van der Waals surface area (Å²) in [5.74, 6) is 0.814. The maximum atomic E-state index is 12.3. The molecule has 5 heteroatoms. The highest BCUT2D eigenvalue weighted by molar-refractivity contribution is 5.92. The molecule has 0 saturated heterocycles. The van der Waals surface area contributed by atoms with Crippen molar-refractivity contribution in [2.75, 3.05) is 11.9 Å². The Hall–Kier alpha value is -2.82. The van der Waals surface area contributed by atoms with Gasteiger partial charge in [-0.15, -0.1) is 0 Å². The van der Waals surface area contributed by atoms with Crippen LogP contribution >= 0.6 is 0 Å². The van der Waals surface area contributed by atoms with Crippen molar-refractivity contribution in [3.8, 4) is 5.75 Å². The lowest BCUT2D eigenvalue weighted by atomic mass is 10.1. The van der Waals surface area contributed by atoms with E-state index in [2.05, 4.69) is 10.3 Å². The molecule has 3 aromatic rings. The summed E-state index contributed by atoms with van der Waals surface area (Å²) in [6.45, 7) is 0.718. The van der Waals surface area contributed by atoms with Gasteiger partial charge < -0.3 is 14.5 Å². The first-order chi connectivity index (χ1) is 10.8. The summed E-state index contributed by atoms with van der Waals surface area (Å²) in [5.41, 5.74) is 3.71. The third kappa shape index (κ3) is 2.30. The number of fused-ring (bicyclic) bond motifs is 2. The second-order valence-electron chi connectivity index (χ2n) is 5.32. The third-order valence-corrected chi connectivity index (χ3v) is 3.83. The molecule has 1 aromatic carbocycles. The topological polar surface area (TPSA) is 55.6 Å². The Labute approximate surface area is 127 Å². The smallest absolute Gasteiger partial charge is 0.230 e. The van der Waals surface area contributed by atoms with Crippen LogP contribution in [0.15, 0.2) is 48.8 Å². The number of carbonyl (C=O) groups is 1. The summed E-state index contributed by atoms with van der Waals surface area (Å²) >= 11 is 0. The van der Waals surface area contributed by atoms with Crippen molar-refractivity contribution < 1.29 is 9.53 Å². The van der Waals surface area contributed by atoms with E-state index >= 15 is 0 Å². The standard InChI is InChI=1S/C17H15N3O2/c21-17(11-14-2-1-3-16-18-7-8-20(14)16)19-13-5-4-12-6-9-22-15(12)10-13/h1-5,7-8,10H,6,9,11H2,(H,19,21). The van der Waals surface area contributed by atoms with Crippen molar-refractivity contribution in [1.82, 2.24) is 9.38 Å². The van der Waals surface area contributed by atoms with Crippen LogP contribution in [-0.2, 0) is 17.6 Å². The lowest BCUT2D eigenvalue weighted by molar-refractivity contribution is -0.115. The first kappa shape index (κ1) is 12.9. The van der Waals surface area contributed by atoms with Crippen LogP contribution in [0.3, 0.4) is 0 Å². The van der Waals surface area contributed by atoms with E-state index in [9.17, 15) is 4.79 Å². The molecule has 0 radical (unpaired) electrons. The summed E-state index contributed by atoms with van der Waals surface area (Å²) in [6.07, 6.45) is 4.83. The van der Waals surface area contributed by atoms with Crippen LogP contribution in [0.2, 0.25) is 0 Å². The zero-order valence-corrected chi connectivity index (χ0v) is 12.0. The number of rotatable bonds is 3. The van der Waals surface area contributed by atoms with Gasteiger partial charge in [-0.3, -0.25) is 4.79 Å². The Morgan fingerprint density at radius 3 is 3.23 bits per heavy atom. The molecule has 0 aliphatic carbocycles. The third-order valence-electron chi connectivity index (χ3n) is 3.83. The van der Waals surface area contributed by atoms with Gasteiger partial charge in [-0.05, 0) is 23.8 Å². The van der Waals surface area contributed by atoms with Gasteiger partial charge in [0.1, 0.15) is 11.4 Å². The Bertz CT molecular complexity index is 854. The molecular formula is C17H15N3O2. The molecule has 0 saturated carbocycles. The summed E-state index contributed by atoms with van der Waals surface area (Å²) in [5, 5.41) is 2.92. The van der Waals surface area contributed by atoms with E-state index < -0.39 is 0 Å². The number of ether oxygens (including phenoxy) is 1. The van der Waals surface area contributed by atoms with Gasteiger partial charge in [0, 0.05) is 36.3 Å². The molecule has 0 atom stereocenters. The molecule has 1 amide bonds. The quantitative estimate of drug-likeness (QED) is 0.807. The number of nitrogens with zero attached hydrogens (tertiary/aromatic N) is 2. The second-order valence-corrected chi connectivity index (χ2v) is 5.32. The van der Waals surface area contributed by atoms with E-state index in [1.54, 1.807) is 6.20 Å². The summed E-state index contributed by atoms with van der Waals surface area (Å²) in [6, 6.07) is 11.6. The minimum Gasteiger partial charge on any atom is -0.493 e. The van der Waals surface area contributed by atoms with Crippen molar-refractivity contribution in [2.45, 2.75) is 12.8 Å². The fourth-order valence-corrected chi connectivity index (χ4v) is 2.76. The summed E-state index contributed by atoms with van der Waals surface area (Å²) in [4.78, 5) is 16.5. The number of anilines is 1. The summed E-state index contributed by atoms with van der Waals surface area (Å²) in [7, 11) is 0. The average molecular weight is 293 g/mol. The number of hydrogen-bond acceptors (Lipinski definition) is 3. The zero-order chi connectivity index (χ0) is 14.9. The fraction of sp³-hybridized carbons (Fsp3) is 0.176. The van der Waals surface area contributed by atoms with E-state index in [4.69, 9.17) is 4.74 Å². The number of hydrogen-bond donors (Lipinski definition) is 1. The van der Waals surface area contributed by atoms with Crippen molar-refractivity contribution >= 4 is 17.2 Å². The number of aromatic nitrogens is 2. The van der Waals surface area contributed by atoms with E-state index in [0.29, 0.717) is 6.42 Å². The van der Waals surface area contributed by atoms with Gasteiger partial charge in [0.05, 0.1) is 13.0 Å². The SMILES string of the molecule is O=C(Cc1cccc2nccn12)Nc1ccc2c(c1)OCC2. The van der Waals surface area contributed by atoms with Crippen LogP contribution in [0.25, 0.3) is 5.65 Å². The highest BCUT2D eigenvalue weighted by Gasteiger charge is 2.13. The first-order valence-corrected chi connectivity index (χ1v) is 7.26. The number of benzene rings is 1. The lowest BCUT2D eigenvalue weighted by Crippen LogP contribution is -2.16. The Kier molecular flexibility index (Phi) is 3.04. The average Bonchev–Trinajstić information content (AvgIpc) is 3.15. The zero-order valence-electron chi connectivity index (χ0n) is 12.0. The van der Waals surface area contributed by atoms with Gasteiger partial charge in [-0.25, -0.2) is 4.98 Å². The minimum atomic E-state index is -0.0563. The van der Waals surface area contributed by atoms with E-state index in [0.717, 1.165) is 35.8 Å². The molecule has 0 fully saturated rings. The van der Waals surface area contributed by atoms with E-state index in [1.807, 2.05) is 47.0 Å². The van der Waals surface area contributed by atoms with Crippen molar-refractivity contribution in [1.29, 1.82) is 0 Å². The van der Waals surface area contributed by atoms with Crippen LogP contribution in [0.5, 0.6) is 5.75 Å². The molecule has 22 heavy (non-hydrogen) atoms. The molecule has 5 nitrogen and oxygen atoms in total. The van der Waals surface area contributed by atoms with Crippen LogP contribution < -0.4 is 10.1 Å². The van der Waals surface area contributed by atoms with Gasteiger partial charge in [-0.1, -0.05) is 12.1 Å². The molecule has 1 N–H and O–H groups in total. The van der Waals surface area contributed by atoms with Crippen LogP contribution in [-0.4, -0.2) is 21.9 Å². The number of nitrogens with one attached hydrogen (secondary N) is 1. The van der Waals surface area contributed by atoms with Crippen molar-refractivity contribution in [2.24, 2.45) is 0 Å². The largest absolute Gasteiger partial charge is 0.493 e. The predicted molar refractivity (Wildman–Crippen MR) is 83.2 cm³/mol. The van der Waals surface area contributed by atoms with Gasteiger partial charge in [0.2, 0.25) is 5.91 Å². The maximum Gasteiger partial charge on any atom is 0.230 e. The molecule has 4 rings (SSSR count). The van der Waals surface area contributed by atoms with Crippen molar-refractivity contribution in [3.05, 3.63) is 60.0 Å². The minimum absolute atomic E-state index is 0.0563. The molecule has 2 aromatic heterocycles. The first-order valence-electron chi connectivity index (χ1n) is 7.26. The Morgan fingerprint density at radius 2 is 2.27 bits per heavy atom. The molecule has 1 aliphatic rings. The molecule has 110 valence electrons. The Morgan fingerprint density at radius 1 is 1.32 bits per heavy atom. The fourth-order valence-electron chi connectivity index (χ4n) is 2.76. The molecule has 0 spiro atoms. The molecule has 0 unspecified atom stereocenters. The van der Waals surface area contributed by atoms with Crippen LogP contribution in [0.4, 0.5) is 5.69 Å². The number of carbonyl (C=O) groups excluding carboxylic acids is 1. The van der Waals surface area contributed by atoms with Crippen molar-refractivity contribution in [3.63, 3.8) is 0 Å². The normalized spacial score (nSPS) is 12.9. The van der Waals surface area contributed by atoms with Gasteiger partial charge in [0.15, 0.2) is 0 Å². The second kappa shape index (κ2) is 5.18. The van der Waals surface area contributed by atoms with E-state index in [1.165, 1.54) is 5.56 Å². The van der Waals surface area contributed by atoms with Crippen LogP contribution in [0, 0.1) is 0 Å². The number of pyridine rings is 1. The van der Waals surface area contributed by atoms with Gasteiger partial charge >= 0.3 is 0 Å². The highest BCUT2D eigenvalue weighted by atomic mass is 16.5. The molecular weight excluding hydrogens is 278 g/mol.